The van der Waals surface area contributed by atoms with Gasteiger partial charge in [0.25, 0.3) is 5.91 Å². The number of nitrogens with one attached hydrogen (secondary N) is 2. The van der Waals surface area contributed by atoms with Crippen LogP contribution in [0.4, 0.5) is 10.9 Å². The number of carbonyl (C=O) groups excluding carboxylic acids is 1. The molecule has 0 aliphatic heterocycles. The van der Waals surface area contributed by atoms with Crippen LogP contribution in [0.25, 0.3) is 0 Å². The number of hydrogen-bond donors (Lipinski definition) is 3. The second-order valence-corrected chi connectivity index (χ2v) is 5.53. The highest BCUT2D eigenvalue weighted by Crippen LogP contribution is 2.25. The molecule has 5 nitrogen and oxygen atoms in total. The van der Waals surface area contributed by atoms with Crippen LogP contribution < -0.4 is 16.4 Å². The van der Waals surface area contributed by atoms with Crippen LogP contribution >= 0.6 is 11.3 Å². The summed E-state index contributed by atoms with van der Waals surface area (Å²) in [6.07, 6.45) is 3.98. The summed E-state index contributed by atoms with van der Waals surface area (Å²) < 4.78 is 0. The molecule has 19 heavy (non-hydrogen) atoms. The molecule has 0 aliphatic rings. The average Bonchev–Trinajstić information content (AvgIpc) is 2.77. The van der Waals surface area contributed by atoms with Crippen LogP contribution in [-0.4, -0.2) is 23.5 Å². The van der Waals surface area contributed by atoms with E-state index in [2.05, 4.69) is 36.4 Å². The zero-order valence-electron chi connectivity index (χ0n) is 12.0. The maximum atomic E-state index is 12.1. The normalized spacial score (nSPS) is 12.2. The van der Waals surface area contributed by atoms with E-state index in [1.54, 1.807) is 0 Å². The third kappa shape index (κ3) is 4.70. The van der Waals surface area contributed by atoms with Crippen molar-refractivity contribution in [1.82, 2.24) is 10.3 Å². The Morgan fingerprint density at radius 1 is 1.37 bits per heavy atom. The van der Waals surface area contributed by atoms with Gasteiger partial charge in [-0.1, -0.05) is 38.5 Å². The van der Waals surface area contributed by atoms with Crippen molar-refractivity contribution in [3.05, 3.63) is 4.88 Å². The first-order valence-corrected chi connectivity index (χ1v) is 7.74. The number of nitrogens with two attached hydrogens (primary N) is 1. The monoisotopic (exact) mass is 284 g/mol. The minimum Gasteiger partial charge on any atom is -0.382 e. The van der Waals surface area contributed by atoms with E-state index >= 15 is 0 Å². The van der Waals surface area contributed by atoms with Crippen LogP contribution in [0.15, 0.2) is 0 Å². The number of nitrogen functional groups attached to an aromatic ring is 1. The summed E-state index contributed by atoms with van der Waals surface area (Å²) in [6.45, 7) is 7.10. The van der Waals surface area contributed by atoms with Crippen molar-refractivity contribution in [2.75, 3.05) is 17.6 Å². The van der Waals surface area contributed by atoms with Crippen molar-refractivity contribution in [2.24, 2.45) is 0 Å². The average molecular weight is 284 g/mol. The van der Waals surface area contributed by atoms with Crippen LogP contribution in [0.1, 0.15) is 56.1 Å². The van der Waals surface area contributed by atoms with Gasteiger partial charge >= 0.3 is 0 Å². The van der Waals surface area contributed by atoms with Crippen molar-refractivity contribution in [1.29, 1.82) is 0 Å². The van der Waals surface area contributed by atoms with Crippen LogP contribution in [0.3, 0.4) is 0 Å². The van der Waals surface area contributed by atoms with Gasteiger partial charge in [0.1, 0.15) is 10.7 Å². The molecule has 0 aromatic carbocycles. The lowest BCUT2D eigenvalue weighted by molar-refractivity contribution is 0.0938. The lowest BCUT2D eigenvalue weighted by atomic mass is 10.1. The van der Waals surface area contributed by atoms with Gasteiger partial charge in [-0.15, -0.1) is 0 Å². The summed E-state index contributed by atoms with van der Waals surface area (Å²) in [5.74, 6) is 0.201. The lowest BCUT2D eigenvalue weighted by Gasteiger charge is -2.15. The van der Waals surface area contributed by atoms with Crippen molar-refractivity contribution < 1.29 is 4.79 Å². The molecule has 1 atom stereocenters. The second-order valence-electron chi connectivity index (χ2n) is 4.53. The number of carbonyl (C=O) groups is 1. The maximum Gasteiger partial charge on any atom is 0.265 e. The van der Waals surface area contributed by atoms with Gasteiger partial charge in [0.05, 0.1) is 0 Å². The van der Waals surface area contributed by atoms with Crippen molar-refractivity contribution in [3.63, 3.8) is 0 Å². The number of nitrogens with zero attached hydrogens (tertiary/aromatic N) is 1. The van der Waals surface area contributed by atoms with E-state index < -0.39 is 0 Å². The van der Waals surface area contributed by atoms with E-state index in [4.69, 9.17) is 5.73 Å². The van der Waals surface area contributed by atoms with Crippen LogP contribution in [-0.2, 0) is 0 Å². The van der Waals surface area contributed by atoms with Gasteiger partial charge in [0, 0.05) is 12.6 Å². The molecule has 0 bridgehead atoms. The van der Waals surface area contributed by atoms with Crippen molar-refractivity contribution >= 4 is 28.2 Å². The Labute approximate surface area is 119 Å². The van der Waals surface area contributed by atoms with Gasteiger partial charge in [-0.25, -0.2) is 4.98 Å². The first-order chi connectivity index (χ1) is 9.12. The van der Waals surface area contributed by atoms with E-state index in [-0.39, 0.29) is 11.9 Å². The Morgan fingerprint density at radius 2 is 2.11 bits per heavy atom. The molecule has 1 unspecified atom stereocenters. The van der Waals surface area contributed by atoms with Crippen molar-refractivity contribution in [2.45, 2.75) is 52.5 Å². The maximum absolute atomic E-state index is 12.1. The number of aromatic nitrogens is 1. The lowest BCUT2D eigenvalue weighted by Crippen LogP contribution is -2.34. The number of hydrogen-bond acceptors (Lipinski definition) is 5. The molecule has 0 radical (unpaired) electrons. The molecule has 0 saturated carbocycles. The number of rotatable bonds is 8. The zero-order valence-corrected chi connectivity index (χ0v) is 12.8. The predicted molar refractivity (Wildman–Crippen MR) is 81.8 cm³/mol. The van der Waals surface area contributed by atoms with Gasteiger partial charge in [-0.3, -0.25) is 4.79 Å². The molecule has 0 fully saturated rings. The Kier molecular flexibility index (Phi) is 6.62. The third-order valence-electron chi connectivity index (χ3n) is 2.85. The minimum atomic E-state index is -0.111. The summed E-state index contributed by atoms with van der Waals surface area (Å²) in [6, 6.07) is 0.214. The van der Waals surface area contributed by atoms with E-state index in [0.29, 0.717) is 15.8 Å². The van der Waals surface area contributed by atoms with Crippen LogP contribution in [0, 0.1) is 0 Å². The van der Waals surface area contributed by atoms with Gasteiger partial charge in [0.15, 0.2) is 5.13 Å². The van der Waals surface area contributed by atoms with Gasteiger partial charge in [-0.05, 0) is 19.3 Å². The summed E-state index contributed by atoms with van der Waals surface area (Å²) in [5, 5.41) is 6.88. The molecular weight excluding hydrogens is 260 g/mol. The SMILES string of the molecule is CCCNc1nc(N)c(C(=O)NC(CC)CCC)s1. The summed E-state index contributed by atoms with van der Waals surface area (Å²) in [4.78, 5) is 16.8. The molecule has 0 aliphatic carbocycles. The number of thiazole rings is 1. The molecule has 108 valence electrons. The standard InChI is InChI=1S/C13H24N4OS/c1-4-7-9(6-3)16-12(18)10-11(14)17-13(19-10)15-8-5-2/h9H,4-8,14H2,1-3H3,(H,15,17)(H,16,18). The van der Waals surface area contributed by atoms with E-state index in [1.165, 1.54) is 11.3 Å². The van der Waals surface area contributed by atoms with Crippen molar-refractivity contribution in [3.8, 4) is 0 Å². The largest absolute Gasteiger partial charge is 0.382 e. The summed E-state index contributed by atoms with van der Waals surface area (Å²) >= 11 is 1.32. The molecule has 1 aromatic rings. The Morgan fingerprint density at radius 3 is 2.68 bits per heavy atom. The number of anilines is 2. The van der Waals surface area contributed by atoms with Crippen LogP contribution in [0.5, 0.6) is 0 Å². The molecule has 1 amide bonds. The highest BCUT2D eigenvalue weighted by Gasteiger charge is 2.18. The van der Waals surface area contributed by atoms with Crippen LogP contribution in [0.2, 0.25) is 0 Å². The molecule has 1 rings (SSSR count). The fraction of sp³-hybridized carbons (Fsp3) is 0.692. The molecule has 4 N–H and O–H groups in total. The van der Waals surface area contributed by atoms with Gasteiger partial charge in [0.2, 0.25) is 0 Å². The smallest absolute Gasteiger partial charge is 0.265 e. The molecule has 1 aromatic heterocycles. The first kappa shape index (κ1) is 15.8. The Bertz CT molecular complexity index is 405. The van der Waals surface area contributed by atoms with Gasteiger partial charge in [-0.2, -0.15) is 0 Å². The van der Waals surface area contributed by atoms with E-state index in [9.17, 15) is 4.79 Å². The van der Waals surface area contributed by atoms with E-state index in [0.717, 1.165) is 32.2 Å². The molecule has 0 saturated heterocycles. The van der Waals surface area contributed by atoms with Gasteiger partial charge < -0.3 is 16.4 Å². The topological polar surface area (TPSA) is 80.0 Å². The molecular formula is C13H24N4OS. The number of amides is 1. The summed E-state index contributed by atoms with van der Waals surface area (Å²) in [5.41, 5.74) is 5.80. The molecule has 0 spiro atoms. The molecule has 1 heterocycles. The Hall–Kier alpha value is -1.30. The quantitative estimate of drug-likeness (QED) is 0.685. The minimum absolute atomic E-state index is 0.111. The van der Waals surface area contributed by atoms with E-state index in [1.807, 2.05) is 0 Å². The highest BCUT2D eigenvalue weighted by atomic mass is 32.1. The predicted octanol–water partition coefficient (Wildman–Crippen LogP) is 2.86. The molecule has 6 heteroatoms. The second kappa shape index (κ2) is 7.99. The highest BCUT2D eigenvalue weighted by molar-refractivity contribution is 7.18. The zero-order chi connectivity index (χ0) is 14.3. The first-order valence-electron chi connectivity index (χ1n) is 6.93. The Balaban J connectivity index is 2.67. The summed E-state index contributed by atoms with van der Waals surface area (Å²) in [7, 11) is 0. The third-order valence-corrected chi connectivity index (χ3v) is 3.88. The fourth-order valence-corrected chi connectivity index (χ4v) is 2.59. The fourth-order valence-electron chi connectivity index (χ4n) is 1.78.